The van der Waals surface area contributed by atoms with Crippen molar-refractivity contribution in [2.45, 2.75) is 44.6 Å². The molecule has 2 aliphatic rings. The second-order valence-corrected chi connectivity index (χ2v) is 5.65. The molecule has 1 aliphatic heterocycles. The lowest BCUT2D eigenvalue weighted by Gasteiger charge is -2.37. The lowest BCUT2D eigenvalue weighted by molar-refractivity contribution is -0.0218. The Kier molecular flexibility index (Phi) is 4.22. The zero-order valence-electron chi connectivity index (χ0n) is 10.5. The van der Waals surface area contributed by atoms with Gasteiger partial charge in [0.2, 0.25) is 0 Å². The maximum absolute atomic E-state index is 10.5. The zero-order valence-corrected chi connectivity index (χ0v) is 10.5. The Labute approximate surface area is 99.2 Å². The van der Waals surface area contributed by atoms with E-state index in [9.17, 15) is 5.11 Å². The molecule has 0 aromatic carbocycles. The Hall–Kier alpha value is -0.120. The summed E-state index contributed by atoms with van der Waals surface area (Å²) in [6.07, 6.45) is 5.83. The van der Waals surface area contributed by atoms with Crippen molar-refractivity contribution in [1.29, 1.82) is 0 Å². The largest absolute Gasteiger partial charge is 0.388 e. The van der Waals surface area contributed by atoms with Gasteiger partial charge in [-0.25, -0.2) is 0 Å². The summed E-state index contributed by atoms with van der Waals surface area (Å²) in [5, 5.41) is 13.8. The highest BCUT2D eigenvalue weighted by molar-refractivity contribution is 4.88. The van der Waals surface area contributed by atoms with Gasteiger partial charge in [-0.15, -0.1) is 0 Å². The van der Waals surface area contributed by atoms with E-state index in [4.69, 9.17) is 0 Å². The maximum atomic E-state index is 10.5. The standard InChI is InChI=1S/C13H26N2O/c1-2-9-15(10-12-3-4-12)11-13(16)5-7-14-8-6-13/h12,14,16H,2-11H2,1H3. The van der Waals surface area contributed by atoms with Gasteiger partial charge in [-0.2, -0.15) is 0 Å². The summed E-state index contributed by atoms with van der Waals surface area (Å²) in [4.78, 5) is 2.49. The molecule has 1 saturated heterocycles. The normalized spacial score (nSPS) is 24.9. The second kappa shape index (κ2) is 5.48. The van der Waals surface area contributed by atoms with Gasteiger partial charge in [-0.3, -0.25) is 0 Å². The molecule has 1 saturated carbocycles. The monoisotopic (exact) mass is 226 g/mol. The van der Waals surface area contributed by atoms with E-state index in [0.717, 1.165) is 44.9 Å². The predicted octanol–water partition coefficient (Wildman–Crippen LogP) is 1.22. The average Bonchev–Trinajstić information content (AvgIpc) is 3.02. The topological polar surface area (TPSA) is 35.5 Å². The van der Waals surface area contributed by atoms with Crippen molar-refractivity contribution in [3.8, 4) is 0 Å². The second-order valence-electron chi connectivity index (χ2n) is 5.65. The number of piperidine rings is 1. The van der Waals surface area contributed by atoms with Crippen LogP contribution in [0.25, 0.3) is 0 Å². The van der Waals surface area contributed by atoms with E-state index >= 15 is 0 Å². The van der Waals surface area contributed by atoms with Gasteiger partial charge in [0.15, 0.2) is 0 Å². The molecule has 1 heterocycles. The molecule has 2 rings (SSSR count). The number of hydrogen-bond donors (Lipinski definition) is 2. The molecule has 3 nitrogen and oxygen atoms in total. The third-order valence-electron chi connectivity index (χ3n) is 3.81. The number of nitrogens with zero attached hydrogens (tertiary/aromatic N) is 1. The van der Waals surface area contributed by atoms with Gasteiger partial charge < -0.3 is 15.3 Å². The molecule has 0 aromatic heterocycles. The number of rotatable bonds is 6. The van der Waals surface area contributed by atoms with Crippen molar-refractivity contribution in [2.24, 2.45) is 5.92 Å². The summed E-state index contributed by atoms with van der Waals surface area (Å²) in [6, 6.07) is 0. The molecule has 16 heavy (non-hydrogen) atoms. The van der Waals surface area contributed by atoms with E-state index in [1.807, 2.05) is 0 Å². The summed E-state index contributed by atoms with van der Waals surface area (Å²) in [5.74, 6) is 0.928. The van der Waals surface area contributed by atoms with E-state index in [1.165, 1.54) is 25.8 Å². The van der Waals surface area contributed by atoms with E-state index in [2.05, 4.69) is 17.1 Å². The summed E-state index contributed by atoms with van der Waals surface area (Å²) < 4.78 is 0. The third-order valence-corrected chi connectivity index (χ3v) is 3.81. The van der Waals surface area contributed by atoms with Crippen LogP contribution in [0.5, 0.6) is 0 Å². The van der Waals surface area contributed by atoms with Gasteiger partial charge in [0.05, 0.1) is 5.60 Å². The maximum Gasteiger partial charge on any atom is 0.0798 e. The van der Waals surface area contributed by atoms with Crippen molar-refractivity contribution in [3.63, 3.8) is 0 Å². The van der Waals surface area contributed by atoms with Crippen molar-refractivity contribution in [1.82, 2.24) is 10.2 Å². The van der Waals surface area contributed by atoms with Gasteiger partial charge >= 0.3 is 0 Å². The van der Waals surface area contributed by atoms with Gasteiger partial charge in [0.25, 0.3) is 0 Å². The highest BCUT2D eigenvalue weighted by atomic mass is 16.3. The van der Waals surface area contributed by atoms with Crippen LogP contribution in [0.15, 0.2) is 0 Å². The summed E-state index contributed by atoms with van der Waals surface area (Å²) in [5.41, 5.74) is -0.421. The molecule has 1 aliphatic carbocycles. The van der Waals surface area contributed by atoms with Crippen molar-refractivity contribution >= 4 is 0 Å². The molecular weight excluding hydrogens is 200 g/mol. The molecule has 0 atom stereocenters. The fourth-order valence-electron chi connectivity index (χ4n) is 2.68. The molecule has 3 heteroatoms. The van der Waals surface area contributed by atoms with Gasteiger partial charge in [0, 0.05) is 13.1 Å². The lowest BCUT2D eigenvalue weighted by atomic mass is 9.91. The van der Waals surface area contributed by atoms with E-state index in [-0.39, 0.29) is 0 Å². The minimum atomic E-state index is -0.421. The lowest BCUT2D eigenvalue weighted by Crippen LogP contribution is -2.50. The zero-order chi connectivity index (χ0) is 11.4. The third kappa shape index (κ3) is 3.72. The van der Waals surface area contributed by atoms with E-state index < -0.39 is 5.60 Å². The molecule has 0 aromatic rings. The molecule has 0 bridgehead atoms. The molecule has 94 valence electrons. The van der Waals surface area contributed by atoms with Crippen LogP contribution >= 0.6 is 0 Å². The van der Waals surface area contributed by atoms with Crippen molar-refractivity contribution in [2.75, 3.05) is 32.7 Å². The molecular formula is C13H26N2O. The minimum absolute atomic E-state index is 0.421. The molecule has 0 radical (unpaired) electrons. The molecule has 0 spiro atoms. The molecule has 2 fully saturated rings. The van der Waals surface area contributed by atoms with Crippen LogP contribution in [-0.2, 0) is 0 Å². The molecule has 0 unspecified atom stereocenters. The average molecular weight is 226 g/mol. The number of aliphatic hydroxyl groups is 1. The fraction of sp³-hybridized carbons (Fsp3) is 1.00. The molecule has 2 N–H and O–H groups in total. The smallest absolute Gasteiger partial charge is 0.0798 e. The van der Waals surface area contributed by atoms with Crippen LogP contribution < -0.4 is 5.32 Å². The first-order valence-corrected chi connectivity index (χ1v) is 6.87. The predicted molar refractivity (Wildman–Crippen MR) is 66.5 cm³/mol. The number of hydrogen-bond acceptors (Lipinski definition) is 3. The first kappa shape index (κ1) is 12.3. The van der Waals surface area contributed by atoms with E-state index in [1.54, 1.807) is 0 Å². The highest BCUT2D eigenvalue weighted by Crippen LogP contribution is 2.30. The Morgan fingerprint density at radius 2 is 2.00 bits per heavy atom. The first-order valence-electron chi connectivity index (χ1n) is 6.87. The first-order chi connectivity index (χ1) is 7.72. The van der Waals surface area contributed by atoms with Gasteiger partial charge in [-0.05, 0) is 57.7 Å². The Morgan fingerprint density at radius 3 is 2.56 bits per heavy atom. The minimum Gasteiger partial charge on any atom is -0.388 e. The summed E-state index contributed by atoms with van der Waals surface area (Å²) >= 11 is 0. The Bertz CT molecular complexity index is 210. The fourth-order valence-corrected chi connectivity index (χ4v) is 2.68. The number of nitrogens with one attached hydrogen (secondary N) is 1. The van der Waals surface area contributed by atoms with Crippen LogP contribution in [0.3, 0.4) is 0 Å². The van der Waals surface area contributed by atoms with Crippen LogP contribution in [-0.4, -0.2) is 48.3 Å². The molecule has 0 amide bonds. The van der Waals surface area contributed by atoms with Gasteiger partial charge in [0.1, 0.15) is 0 Å². The Balaban J connectivity index is 1.81. The van der Waals surface area contributed by atoms with Crippen LogP contribution in [0, 0.1) is 5.92 Å². The van der Waals surface area contributed by atoms with Crippen molar-refractivity contribution < 1.29 is 5.11 Å². The van der Waals surface area contributed by atoms with Crippen molar-refractivity contribution in [3.05, 3.63) is 0 Å². The van der Waals surface area contributed by atoms with Crippen LogP contribution in [0.1, 0.15) is 39.0 Å². The van der Waals surface area contributed by atoms with Crippen LogP contribution in [0.4, 0.5) is 0 Å². The van der Waals surface area contributed by atoms with Gasteiger partial charge in [-0.1, -0.05) is 6.92 Å². The van der Waals surface area contributed by atoms with E-state index in [0.29, 0.717) is 0 Å². The van der Waals surface area contributed by atoms with Crippen LogP contribution in [0.2, 0.25) is 0 Å². The summed E-state index contributed by atoms with van der Waals surface area (Å²) in [7, 11) is 0. The Morgan fingerprint density at radius 1 is 1.31 bits per heavy atom. The SMILES string of the molecule is CCCN(CC1CC1)CC1(O)CCNCC1. The quantitative estimate of drug-likeness (QED) is 0.715. The highest BCUT2D eigenvalue weighted by Gasteiger charge is 2.33. The summed E-state index contributed by atoms with van der Waals surface area (Å²) in [6.45, 7) is 7.42.